The van der Waals surface area contributed by atoms with Crippen LogP contribution in [0.2, 0.25) is 0 Å². The molecule has 0 spiro atoms. The van der Waals surface area contributed by atoms with Gasteiger partial charge in [0, 0.05) is 11.5 Å². The summed E-state index contributed by atoms with van der Waals surface area (Å²) in [6, 6.07) is 0. The van der Waals surface area contributed by atoms with Gasteiger partial charge < -0.3 is 0 Å². The van der Waals surface area contributed by atoms with Crippen LogP contribution in [0.3, 0.4) is 0 Å². The number of hydrogen-bond donors (Lipinski definition) is 1. The van der Waals surface area contributed by atoms with E-state index >= 15 is 0 Å². The van der Waals surface area contributed by atoms with Gasteiger partial charge in [-0.25, -0.2) is 0 Å². The molecule has 0 radical (unpaired) electrons. The number of H-pyrrole nitrogens is 1. The second-order valence-electron chi connectivity index (χ2n) is 3.62. The summed E-state index contributed by atoms with van der Waals surface area (Å²) in [6.45, 7) is 0. The third-order valence-electron chi connectivity index (χ3n) is 2.65. The summed E-state index contributed by atoms with van der Waals surface area (Å²) < 4.78 is 0. The van der Waals surface area contributed by atoms with Crippen LogP contribution >= 0.6 is 0 Å². The van der Waals surface area contributed by atoms with Crippen LogP contribution in [-0.4, -0.2) is 20.6 Å². The van der Waals surface area contributed by atoms with E-state index in [1.165, 1.54) is 5.57 Å². The number of hydrogen-bond acceptors (Lipinski definition) is 3. The monoisotopic (exact) mass is 210 g/mol. The molecule has 16 heavy (non-hydrogen) atoms. The van der Waals surface area contributed by atoms with Gasteiger partial charge in [0.05, 0.1) is 0 Å². The van der Waals surface area contributed by atoms with Crippen molar-refractivity contribution in [2.45, 2.75) is 0 Å². The average Bonchev–Trinajstić information content (AvgIpc) is 2.76. The Hall–Kier alpha value is -2.23. The maximum Gasteiger partial charge on any atom is 0.204 e. The predicted octanol–water partition coefficient (Wildman–Crippen LogP) is 1.82. The second kappa shape index (κ2) is 3.73. The van der Waals surface area contributed by atoms with Crippen LogP contribution in [0.1, 0.15) is 5.82 Å². The van der Waals surface area contributed by atoms with Crippen LogP contribution in [0.25, 0.3) is 5.57 Å². The molecule has 0 bridgehead atoms. The van der Waals surface area contributed by atoms with E-state index in [2.05, 4.69) is 44.9 Å². The molecule has 0 saturated carbocycles. The average molecular weight is 210 g/mol. The van der Waals surface area contributed by atoms with Crippen molar-refractivity contribution in [3.63, 3.8) is 0 Å². The van der Waals surface area contributed by atoms with Crippen molar-refractivity contribution in [1.29, 1.82) is 0 Å². The van der Waals surface area contributed by atoms with E-state index in [9.17, 15) is 0 Å². The maximum atomic E-state index is 4.03. The third-order valence-corrected chi connectivity index (χ3v) is 2.65. The summed E-state index contributed by atoms with van der Waals surface area (Å²) in [4.78, 5) is 0. The van der Waals surface area contributed by atoms with Crippen molar-refractivity contribution in [1.82, 2.24) is 20.6 Å². The largest absolute Gasteiger partial charge is 0.204 e. The normalized spacial score (nSPS) is 22.4. The Morgan fingerprint density at radius 3 is 2.56 bits per heavy atom. The zero-order chi connectivity index (χ0) is 10.8. The fraction of sp³-hybridized carbons (Fsp3) is 0.0833. The Morgan fingerprint density at radius 1 is 1.00 bits per heavy atom. The number of tetrazole rings is 1. The molecule has 0 saturated heterocycles. The van der Waals surface area contributed by atoms with Gasteiger partial charge in [0.1, 0.15) is 0 Å². The van der Waals surface area contributed by atoms with Crippen LogP contribution in [-0.2, 0) is 0 Å². The van der Waals surface area contributed by atoms with Crippen LogP contribution in [0, 0.1) is 5.92 Å². The molecule has 4 nitrogen and oxygen atoms in total. The Bertz CT molecular complexity index is 529. The molecule has 78 valence electrons. The molecule has 0 aromatic carbocycles. The first-order valence-electron chi connectivity index (χ1n) is 5.13. The summed E-state index contributed by atoms with van der Waals surface area (Å²) in [6.07, 6.45) is 16.5. The van der Waals surface area contributed by atoms with Crippen molar-refractivity contribution in [3.05, 3.63) is 60.0 Å². The predicted molar refractivity (Wildman–Crippen MR) is 61.1 cm³/mol. The Morgan fingerprint density at radius 2 is 1.81 bits per heavy atom. The molecule has 1 atom stereocenters. The SMILES string of the molecule is C1=CC(c2nn[nH]n2)=C2C=CC=CC2C=C1. The number of aromatic nitrogens is 4. The van der Waals surface area contributed by atoms with Gasteiger partial charge in [0.25, 0.3) is 0 Å². The van der Waals surface area contributed by atoms with E-state index in [0.29, 0.717) is 11.7 Å². The Labute approximate surface area is 92.8 Å². The van der Waals surface area contributed by atoms with Crippen molar-refractivity contribution >= 4 is 5.57 Å². The fourth-order valence-electron chi connectivity index (χ4n) is 1.91. The van der Waals surface area contributed by atoms with Gasteiger partial charge >= 0.3 is 0 Å². The Kier molecular flexibility index (Phi) is 2.11. The third kappa shape index (κ3) is 1.44. The summed E-state index contributed by atoms with van der Waals surface area (Å²) in [5.74, 6) is 0.938. The van der Waals surface area contributed by atoms with Gasteiger partial charge in [0.2, 0.25) is 5.82 Å². The quantitative estimate of drug-likeness (QED) is 0.769. The van der Waals surface area contributed by atoms with E-state index in [1.807, 2.05) is 24.3 Å². The van der Waals surface area contributed by atoms with Crippen molar-refractivity contribution in [2.75, 3.05) is 0 Å². The highest BCUT2D eigenvalue weighted by molar-refractivity contribution is 5.77. The lowest BCUT2D eigenvalue weighted by molar-refractivity contribution is 0.881. The van der Waals surface area contributed by atoms with Crippen molar-refractivity contribution < 1.29 is 0 Å². The van der Waals surface area contributed by atoms with E-state index in [4.69, 9.17) is 0 Å². The minimum absolute atomic E-state index is 0.300. The zero-order valence-electron chi connectivity index (χ0n) is 8.54. The van der Waals surface area contributed by atoms with Gasteiger partial charge in [-0.05, 0) is 10.8 Å². The molecule has 1 aromatic heterocycles. The molecule has 2 aliphatic rings. The topological polar surface area (TPSA) is 54.5 Å². The lowest BCUT2D eigenvalue weighted by Gasteiger charge is -2.14. The van der Waals surface area contributed by atoms with Gasteiger partial charge in [-0.15, -0.1) is 10.2 Å². The van der Waals surface area contributed by atoms with E-state index in [1.54, 1.807) is 0 Å². The maximum absolute atomic E-state index is 4.03. The van der Waals surface area contributed by atoms with Crippen molar-refractivity contribution in [2.24, 2.45) is 5.92 Å². The summed E-state index contributed by atoms with van der Waals surface area (Å²) >= 11 is 0. The molecule has 1 heterocycles. The number of nitrogens with zero attached hydrogens (tertiary/aromatic N) is 3. The Balaban J connectivity index is 2.17. The minimum Gasteiger partial charge on any atom is -0.177 e. The first-order valence-corrected chi connectivity index (χ1v) is 5.13. The second-order valence-corrected chi connectivity index (χ2v) is 3.62. The zero-order valence-corrected chi connectivity index (χ0v) is 8.54. The molecular weight excluding hydrogens is 200 g/mol. The lowest BCUT2D eigenvalue weighted by atomic mass is 9.91. The van der Waals surface area contributed by atoms with Gasteiger partial charge in [-0.1, -0.05) is 48.6 Å². The van der Waals surface area contributed by atoms with E-state index in [0.717, 1.165) is 5.57 Å². The first-order chi connectivity index (χ1) is 7.95. The molecule has 3 rings (SSSR count). The lowest BCUT2D eigenvalue weighted by Crippen LogP contribution is -2.01. The highest BCUT2D eigenvalue weighted by atomic mass is 15.5. The number of nitrogens with one attached hydrogen (secondary N) is 1. The molecule has 0 fully saturated rings. The molecular formula is C12H10N4. The smallest absolute Gasteiger partial charge is 0.177 e. The standard InChI is InChI=1S/C12H10N4/c1-3-7-10-9(5-1)6-2-4-8-11(10)12-13-15-16-14-12/h1-9H,(H,13,14,15,16). The van der Waals surface area contributed by atoms with Gasteiger partial charge in [-0.3, -0.25) is 0 Å². The van der Waals surface area contributed by atoms with Crippen molar-refractivity contribution in [3.8, 4) is 0 Å². The van der Waals surface area contributed by atoms with Gasteiger partial charge in [0.15, 0.2) is 0 Å². The summed E-state index contributed by atoms with van der Waals surface area (Å²) in [5.41, 5.74) is 2.22. The number of rotatable bonds is 1. The molecule has 1 unspecified atom stereocenters. The first kappa shape index (κ1) is 9.03. The van der Waals surface area contributed by atoms with E-state index in [-0.39, 0.29) is 0 Å². The summed E-state index contributed by atoms with van der Waals surface area (Å²) in [5, 5.41) is 14.1. The minimum atomic E-state index is 0.300. The van der Waals surface area contributed by atoms with E-state index < -0.39 is 0 Å². The van der Waals surface area contributed by atoms with Crippen LogP contribution in [0.5, 0.6) is 0 Å². The number of aromatic amines is 1. The molecule has 1 N–H and O–H groups in total. The molecule has 4 heteroatoms. The molecule has 1 aromatic rings. The van der Waals surface area contributed by atoms with Gasteiger partial charge in [-0.2, -0.15) is 5.21 Å². The van der Waals surface area contributed by atoms with Crippen LogP contribution in [0.4, 0.5) is 0 Å². The highest BCUT2D eigenvalue weighted by Gasteiger charge is 2.17. The number of fused-ring (bicyclic) bond motifs is 1. The highest BCUT2D eigenvalue weighted by Crippen LogP contribution is 2.30. The van der Waals surface area contributed by atoms with Crippen LogP contribution < -0.4 is 0 Å². The summed E-state index contributed by atoms with van der Waals surface area (Å²) in [7, 11) is 0. The molecule has 2 aliphatic carbocycles. The molecule has 0 amide bonds. The number of allylic oxidation sites excluding steroid dienone is 10. The molecule has 0 aliphatic heterocycles. The van der Waals surface area contributed by atoms with Crippen LogP contribution in [0.15, 0.2) is 54.2 Å². The fourth-order valence-corrected chi connectivity index (χ4v) is 1.91.